The van der Waals surface area contributed by atoms with E-state index in [0.717, 1.165) is 24.8 Å². The minimum Gasteiger partial charge on any atom is -0.451 e. The summed E-state index contributed by atoms with van der Waals surface area (Å²) in [4.78, 5) is 36.2. The van der Waals surface area contributed by atoms with Crippen LogP contribution in [0.5, 0.6) is 0 Å². The second-order valence-corrected chi connectivity index (χ2v) is 11.2. The summed E-state index contributed by atoms with van der Waals surface area (Å²) in [6.07, 6.45) is 6.52. The van der Waals surface area contributed by atoms with E-state index in [0.29, 0.717) is 25.7 Å². The van der Waals surface area contributed by atoms with Crippen molar-refractivity contribution in [3.63, 3.8) is 0 Å². The number of Topliss-reactive ketones (excluding diaryl/α,β-unsaturated/α-hetero) is 1. The van der Waals surface area contributed by atoms with E-state index in [1.165, 1.54) is 13.8 Å². The summed E-state index contributed by atoms with van der Waals surface area (Å²) in [6, 6.07) is 0. The van der Waals surface area contributed by atoms with Crippen molar-refractivity contribution in [2.45, 2.75) is 88.5 Å². The molecule has 0 bridgehead atoms. The average Bonchev–Trinajstić information content (AvgIpc) is 2.90. The molecule has 0 aliphatic heterocycles. The lowest BCUT2D eigenvalue weighted by Crippen LogP contribution is -2.68. The molecule has 0 heterocycles. The van der Waals surface area contributed by atoms with E-state index in [2.05, 4.69) is 13.8 Å². The zero-order chi connectivity index (χ0) is 21.4. The average molecular weight is 441 g/mol. The van der Waals surface area contributed by atoms with Crippen LogP contribution in [0.15, 0.2) is 11.6 Å². The van der Waals surface area contributed by atoms with Gasteiger partial charge in [-0.15, -0.1) is 23.2 Å². The van der Waals surface area contributed by atoms with Gasteiger partial charge in [-0.25, -0.2) is 0 Å². The molecule has 0 amide bonds. The Labute approximate surface area is 182 Å². The lowest BCUT2D eigenvalue weighted by molar-refractivity contribution is -0.185. The number of halogens is 2. The summed E-state index contributed by atoms with van der Waals surface area (Å²) in [5.74, 6) is -0.0990. The van der Waals surface area contributed by atoms with E-state index >= 15 is 0 Å². The molecule has 3 saturated carbocycles. The van der Waals surface area contributed by atoms with Gasteiger partial charge in [-0.3, -0.25) is 14.4 Å². The Morgan fingerprint density at radius 1 is 1.10 bits per heavy atom. The number of ether oxygens (including phenoxy) is 1. The molecule has 4 aliphatic rings. The second-order valence-electron chi connectivity index (χ2n) is 10.1. The largest absolute Gasteiger partial charge is 0.451 e. The van der Waals surface area contributed by atoms with Crippen LogP contribution < -0.4 is 0 Å². The monoisotopic (exact) mass is 440 g/mol. The first-order valence-electron chi connectivity index (χ1n) is 10.7. The summed E-state index contributed by atoms with van der Waals surface area (Å²) < 4.78 is 5.79. The number of ketones is 2. The predicted molar refractivity (Wildman–Crippen MR) is 112 cm³/mol. The fourth-order valence-electron chi connectivity index (χ4n) is 7.56. The molecule has 0 unspecified atom stereocenters. The van der Waals surface area contributed by atoms with Crippen LogP contribution in [-0.4, -0.2) is 33.4 Å². The Bertz CT molecular complexity index is 822. The van der Waals surface area contributed by atoms with Crippen LogP contribution in [0.1, 0.15) is 72.6 Å². The van der Waals surface area contributed by atoms with Crippen molar-refractivity contribution in [2.75, 3.05) is 0 Å². The minimum atomic E-state index is -1.13. The highest BCUT2D eigenvalue weighted by molar-refractivity contribution is 6.33. The highest BCUT2D eigenvalue weighted by Gasteiger charge is 2.74. The molecule has 0 saturated heterocycles. The Balaban J connectivity index is 1.81. The lowest BCUT2D eigenvalue weighted by atomic mass is 9.45. The molecule has 0 spiro atoms. The van der Waals surface area contributed by atoms with Crippen LogP contribution in [0, 0.1) is 22.7 Å². The van der Waals surface area contributed by atoms with Gasteiger partial charge in [-0.2, -0.15) is 0 Å². The molecular formula is C23H30Cl2O4. The normalized spacial score (nSPS) is 48.8. The molecule has 0 radical (unpaired) electrons. The van der Waals surface area contributed by atoms with E-state index in [4.69, 9.17) is 27.9 Å². The van der Waals surface area contributed by atoms with Crippen LogP contribution in [-0.2, 0) is 19.1 Å². The predicted octanol–water partition coefficient (Wildman–Crippen LogP) is 4.99. The van der Waals surface area contributed by atoms with Gasteiger partial charge in [0.2, 0.25) is 0 Å². The third kappa shape index (κ3) is 2.54. The first kappa shape index (κ1) is 21.4. The van der Waals surface area contributed by atoms with Crippen molar-refractivity contribution in [1.29, 1.82) is 0 Å². The summed E-state index contributed by atoms with van der Waals surface area (Å²) in [7, 11) is 0. The van der Waals surface area contributed by atoms with Crippen LogP contribution in [0.2, 0.25) is 0 Å². The number of rotatable bonds is 2. The van der Waals surface area contributed by atoms with Crippen molar-refractivity contribution in [2.24, 2.45) is 22.7 Å². The molecule has 0 N–H and O–H groups in total. The number of carbonyl (C=O) groups is 3. The number of hydrogen-bond acceptors (Lipinski definition) is 4. The molecule has 160 valence electrons. The number of esters is 1. The highest BCUT2D eigenvalue weighted by atomic mass is 35.5. The molecule has 0 aromatic heterocycles. The number of hydrogen-bond donors (Lipinski definition) is 0. The van der Waals surface area contributed by atoms with Gasteiger partial charge in [-0.1, -0.05) is 19.4 Å². The van der Waals surface area contributed by atoms with Crippen molar-refractivity contribution >= 4 is 40.7 Å². The third-order valence-corrected chi connectivity index (χ3v) is 10.6. The van der Waals surface area contributed by atoms with Gasteiger partial charge in [0.1, 0.15) is 0 Å². The van der Waals surface area contributed by atoms with E-state index in [1.54, 1.807) is 6.08 Å². The Morgan fingerprint density at radius 3 is 2.41 bits per heavy atom. The van der Waals surface area contributed by atoms with E-state index in [-0.39, 0.29) is 34.2 Å². The van der Waals surface area contributed by atoms with Crippen molar-refractivity contribution in [1.82, 2.24) is 0 Å². The summed E-state index contributed by atoms with van der Waals surface area (Å²) >= 11 is 14.6. The molecule has 3 fully saturated rings. The molecule has 0 aromatic carbocycles. The maximum absolute atomic E-state index is 12.8. The lowest BCUT2D eigenvalue weighted by Gasteiger charge is -2.64. The maximum Gasteiger partial charge on any atom is 0.303 e. The zero-order valence-corrected chi connectivity index (χ0v) is 19.2. The zero-order valence-electron chi connectivity index (χ0n) is 17.6. The van der Waals surface area contributed by atoms with Gasteiger partial charge in [0, 0.05) is 24.2 Å². The van der Waals surface area contributed by atoms with E-state index in [9.17, 15) is 14.4 Å². The first-order chi connectivity index (χ1) is 13.4. The Morgan fingerprint density at radius 2 is 1.79 bits per heavy atom. The number of fused-ring (bicyclic) bond motifs is 5. The third-order valence-electron chi connectivity index (χ3n) is 9.01. The smallest absolute Gasteiger partial charge is 0.303 e. The van der Waals surface area contributed by atoms with Crippen molar-refractivity contribution in [3.05, 3.63) is 11.6 Å². The fraction of sp³-hybridized carbons (Fsp3) is 0.783. The molecule has 4 aliphatic carbocycles. The Hall–Kier alpha value is -0.870. The van der Waals surface area contributed by atoms with Crippen molar-refractivity contribution < 1.29 is 19.1 Å². The first-order valence-corrected chi connectivity index (χ1v) is 11.5. The van der Waals surface area contributed by atoms with Gasteiger partial charge >= 0.3 is 5.97 Å². The van der Waals surface area contributed by atoms with E-state index in [1.807, 2.05) is 0 Å². The molecular weight excluding hydrogens is 411 g/mol. The summed E-state index contributed by atoms with van der Waals surface area (Å²) in [6.45, 7) is 7.13. The van der Waals surface area contributed by atoms with Gasteiger partial charge in [-0.05, 0) is 63.4 Å². The van der Waals surface area contributed by atoms with Gasteiger partial charge in [0.05, 0.1) is 10.3 Å². The van der Waals surface area contributed by atoms with Gasteiger partial charge in [0.15, 0.2) is 17.2 Å². The fourth-order valence-corrected chi connectivity index (χ4v) is 8.83. The minimum absolute atomic E-state index is 0.102. The van der Waals surface area contributed by atoms with E-state index < -0.39 is 21.9 Å². The van der Waals surface area contributed by atoms with Crippen LogP contribution in [0.3, 0.4) is 0 Å². The standard InChI is InChI=1S/C23H30Cl2O4/c1-13(26)22(29-14(2)27)10-8-17-18-6-5-15-11-16(28)7-9-20(15,3)23(18,25)19(24)12-21(17,22)4/h11,17-19H,5-10,12H2,1-4H3/t17-,18-,19-,20-,21-,22-,23-/m0/s1. The maximum atomic E-state index is 12.8. The summed E-state index contributed by atoms with van der Waals surface area (Å²) in [5, 5.41) is -0.385. The quantitative estimate of drug-likeness (QED) is 0.448. The number of allylic oxidation sites excluding steroid dienone is 1. The van der Waals surface area contributed by atoms with Gasteiger partial charge < -0.3 is 4.74 Å². The molecule has 29 heavy (non-hydrogen) atoms. The highest BCUT2D eigenvalue weighted by Crippen LogP contribution is 2.72. The number of alkyl halides is 2. The van der Waals surface area contributed by atoms with Crippen molar-refractivity contribution in [3.8, 4) is 0 Å². The molecule has 7 atom stereocenters. The molecule has 0 aromatic rings. The van der Waals surface area contributed by atoms with Crippen LogP contribution in [0.25, 0.3) is 0 Å². The number of carbonyl (C=O) groups excluding carboxylic acids is 3. The molecule has 4 nitrogen and oxygen atoms in total. The topological polar surface area (TPSA) is 60.4 Å². The van der Waals surface area contributed by atoms with Gasteiger partial charge in [0.25, 0.3) is 0 Å². The van der Waals surface area contributed by atoms with Crippen LogP contribution >= 0.6 is 23.2 Å². The second kappa shape index (κ2) is 6.56. The molecule has 4 rings (SSSR count). The molecule has 6 heteroatoms. The summed E-state index contributed by atoms with van der Waals surface area (Å²) in [5.41, 5.74) is -0.872. The van der Waals surface area contributed by atoms with Crippen LogP contribution in [0.4, 0.5) is 0 Å². The SMILES string of the molecule is CC(=O)O[C@]1(C(C)=O)CC[C@H]2[C@@H]3CCC4=CC(=O)CC[C@]4(C)[C@@]3(Cl)[C@@H](Cl)C[C@@]21C. The Kier molecular flexibility index (Phi) is 4.83.